The Kier molecular flexibility index (Phi) is 3.53. The zero-order valence-corrected chi connectivity index (χ0v) is 11.3. The number of anilines is 1. The van der Waals surface area contributed by atoms with Gasteiger partial charge in [0.1, 0.15) is 0 Å². The maximum Gasteiger partial charge on any atom is 0.0568 e. The zero-order chi connectivity index (χ0) is 13.1. The average molecular weight is 255 g/mol. The van der Waals surface area contributed by atoms with Crippen LogP contribution < -0.4 is 5.73 Å². The largest absolute Gasteiger partial charge is 0.399 e. The highest BCUT2D eigenvalue weighted by molar-refractivity contribution is 5.65. The van der Waals surface area contributed by atoms with Gasteiger partial charge in [0.25, 0.3) is 0 Å². The molecule has 3 rings (SSSR count). The Morgan fingerprint density at radius 3 is 2.58 bits per heavy atom. The molecule has 1 aliphatic rings. The summed E-state index contributed by atoms with van der Waals surface area (Å²) in [6.45, 7) is 0. The van der Waals surface area contributed by atoms with E-state index in [1.807, 2.05) is 24.4 Å². The normalized spacial score (nSPS) is 17.3. The Morgan fingerprint density at radius 1 is 1.05 bits per heavy atom. The quantitative estimate of drug-likeness (QED) is 0.650. The van der Waals surface area contributed by atoms with E-state index in [4.69, 9.17) is 5.73 Å². The van der Waals surface area contributed by atoms with E-state index < -0.39 is 0 Å². The number of nitrogens with zero attached hydrogens (tertiary/aromatic N) is 2. The maximum atomic E-state index is 5.84. The molecule has 1 aromatic carbocycles. The van der Waals surface area contributed by atoms with Crippen molar-refractivity contribution >= 4 is 5.69 Å². The molecule has 100 valence electrons. The lowest BCUT2D eigenvalue weighted by atomic mass is 10.1. The molecular weight excluding hydrogens is 234 g/mol. The molecule has 3 nitrogen and oxygen atoms in total. The number of benzene rings is 1. The molecule has 0 radical (unpaired) electrons. The van der Waals surface area contributed by atoms with Crippen molar-refractivity contribution in [2.75, 3.05) is 5.73 Å². The van der Waals surface area contributed by atoms with Gasteiger partial charge in [-0.2, -0.15) is 5.10 Å². The van der Waals surface area contributed by atoms with Gasteiger partial charge < -0.3 is 5.73 Å². The summed E-state index contributed by atoms with van der Waals surface area (Å²) in [5.41, 5.74) is 8.96. The molecule has 2 N–H and O–H groups in total. The van der Waals surface area contributed by atoms with Crippen LogP contribution in [-0.2, 0) is 0 Å². The van der Waals surface area contributed by atoms with E-state index in [0.29, 0.717) is 6.04 Å². The number of nitrogens with two attached hydrogens (primary N) is 1. The number of rotatable bonds is 2. The number of hydrogen-bond acceptors (Lipinski definition) is 2. The first kappa shape index (κ1) is 12.3. The molecule has 19 heavy (non-hydrogen) atoms. The fourth-order valence-electron chi connectivity index (χ4n) is 2.93. The maximum absolute atomic E-state index is 5.84. The summed E-state index contributed by atoms with van der Waals surface area (Å²) in [6.07, 6.45) is 12.1. The summed E-state index contributed by atoms with van der Waals surface area (Å²) in [6, 6.07) is 8.59. The van der Waals surface area contributed by atoms with E-state index in [2.05, 4.69) is 22.0 Å². The van der Waals surface area contributed by atoms with Gasteiger partial charge in [0.05, 0.1) is 12.2 Å². The lowest BCUT2D eigenvalue weighted by Crippen LogP contribution is -2.08. The van der Waals surface area contributed by atoms with E-state index >= 15 is 0 Å². The second kappa shape index (κ2) is 5.47. The van der Waals surface area contributed by atoms with Crippen LogP contribution in [0.3, 0.4) is 0 Å². The summed E-state index contributed by atoms with van der Waals surface area (Å²) in [5, 5.41) is 4.56. The van der Waals surface area contributed by atoms with Crippen LogP contribution >= 0.6 is 0 Å². The van der Waals surface area contributed by atoms with E-state index in [-0.39, 0.29) is 0 Å². The Hall–Kier alpha value is -1.77. The molecule has 0 bridgehead atoms. The molecule has 0 spiro atoms. The first-order valence-electron chi connectivity index (χ1n) is 7.23. The highest BCUT2D eigenvalue weighted by atomic mass is 15.3. The van der Waals surface area contributed by atoms with Crippen molar-refractivity contribution in [3.63, 3.8) is 0 Å². The number of aromatic nitrogens is 2. The van der Waals surface area contributed by atoms with Crippen LogP contribution in [0.5, 0.6) is 0 Å². The molecule has 1 aliphatic carbocycles. The van der Waals surface area contributed by atoms with Gasteiger partial charge in [-0.05, 0) is 30.5 Å². The molecule has 1 heterocycles. The molecule has 0 unspecified atom stereocenters. The van der Waals surface area contributed by atoms with Gasteiger partial charge in [0.2, 0.25) is 0 Å². The van der Waals surface area contributed by atoms with Crippen molar-refractivity contribution in [2.24, 2.45) is 0 Å². The van der Waals surface area contributed by atoms with Gasteiger partial charge in [-0.25, -0.2) is 0 Å². The van der Waals surface area contributed by atoms with Gasteiger partial charge in [0.15, 0.2) is 0 Å². The summed E-state index contributed by atoms with van der Waals surface area (Å²) in [5.74, 6) is 0. The molecule has 0 atom stereocenters. The second-order valence-corrected chi connectivity index (χ2v) is 5.48. The molecule has 1 fully saturated rings. The van der Waals surface area contributed by atoms with Crippen molar-refractivity contribution in [3.8, 4) is 11.1 Å². The van der Waals surface area contributed by atoms with Crippen molar-refractivity contribution in [2.45, 2.75) is 44.6 Å². The van der Waals surface area contributed by atoms with Gasteiger partial charge in [-0.15, -0.1) is 0 Å². The molecule has 1 aromatic heterocycles. The lowest BCUT2D eigenvalue weighted by molar-refractivity contribution is 0.405. The van der Waals surface area contributed by atoms with Crippen LogP contribution in [0.25, 0.3) is 11.1 Å². The van der Waals surface area contributed by atoms with Crippen LogP contribution in [0.2, 0.25) is 0 Å². The summed E-state index contributed by atoms with van der Waals surface area (Å²) in [4.78, 5) is 0. The molecular formula is C16H21N3. The van der Waals surface area contributed by atoms with Crippen molar-refractivity contribution < 1.29 is 0 Å². The molecule has 2 aromatic rings. The minimum atomic E-state index is 0.581. The van der Waals surface area contributed by atoms with Crippen LogP contribution in [0.1, 0.15) is 44.6 Å². The average Bonchev–Trinajstić information content (AvgIpc) is 2.75. The first-order chi connectivity index (χ1) is 9.33. The van der Waals surface area contributed by atoms with Crippen LogP contribution in [0, 0.1) is 0 Å². The van der Waals surface area contributed by atoms with E-state index in [1.165, 1.54) is 38.5 Å². The predicted octanol–water partition coefficient (Wildman–Crippen LogP) is 4.03. The standard InChI is InChI=1S/C16H21N3/c17-15-7-5-6-13(10-15)14-11-18-19(12-14)16-8-3-1-2-4-9-16/h5-7,10-12,16H,1-4,8-9,17H2. The molecule has 1 saturated carbocycles. The van der Waals surface area contributed by atoms with E-state index in [1.54, 1.807) is 0 Å². The third-order valence-corrected chi connectivity index (χ3v) is 4.02. The smallest absolute Gasteiger partial charge is 0.0568 e. The summed E-state index contributed by atoms with van der Waals surface area (Å²) >= 11 is 0. The highest BCUT2D eigenvalue weighted by Gasteiger charge is 2.15. The summed E-state index contributed by atoms with van der Waals surface area (Å²) in [7, 11) is 0. The van der Waals surface area contributed by atoms with Crippen molar-refractivity contribution in [3.05, 3.63) is 36.7 Å². The fraction of sp³-hybridized carbons (Fsp3) is 0.438. The minimum absolute atomic E-state index is 0.581. The molecule has 0 amide bonds. The third kappa shape index (κ3) is 2.80. The summed E-state index contributed by atoms with van der Waals surface area (Å²) < 4.78 is 2.16. The first-order valence-corrected chi connectivity index (χ1v) is 7.23. The van der Waals surface area contributed by atoms with Crippen molar-refractivity contribution in [1.29, 1.82) is 0 Å². The van der Waals surface area contributed by atoms with Crippen molar-refractivity contribution in [1.82, 2.24) is 9.78 Å². The Balaban J connectivity index is 1.82. The highest BCUT2D eigenvalue weighted by Crippen LogP contribution is 2.28. The van der Waals surface area contributed by atoms with E-state index in [9.17, 15) is 0 Å². The molecule has 0 aliphatic heterocycles. The molecule has 3 heteroatoms. The monoisotopic (exact) mass is 255 g/mol. The minimum Gasteiger partial charge on any atom is -0.399 e. The van der Waals surface area contributed by atoms with Crippen LogP contribution in [0.4, 0.5) is 5.69 Å². The van der Waals surface area contributed by atoms with Crippen LogP contribution in [-0.4, -0.2) is 9.78 Å². The number of hydrogen-bond donors (Lipinski definition) is 1. The Morgan fingerprint density at radius 2 is 1.84 bits per heavy atom. The topological polar surface area (TPSA) is 43.8 Å². The third-order valence-electron chi connectivity index (χ3n) is 4.02. The van der Waals surface area contributed by atoms with Gasteiger partial charge in [-0.1, -0.05) is 37.8 Å². The Labute approximate surface area is 114 Å². The SMILES string of the molecule is Nc1cccc(-c2cnn(C3CCCCCC3)c2)c1. The van der Waals surface area contributed by atoms with Crippen LogP contribution in [0.15, 0.2) is 36.7 Å². The lowest BCUT2D eigenvalue weighted by Gasteiger charge is -2.14. The van der Waals surface area contributed by atoms with Gasteiger partial charge in [-0.3, -0.25) is 4.68 Å². The zero-order valence-electron chi connectivity index (χ0n) is 11.3. The van der Waals surface area contributed by atoms with Gasteiger partial charge >= 0.3 is 0 Å². The fourth-order valence-corrected chi connectivity index (χ4v) is 2.93. The van der Waals surface area contributed by atoms with E-state index in [0.717, 1.165) is 16.8 Å². The van der Waals surface area contributed by atoms with Gasteiger partial charge in [0, 0.05) is 17.4 Å². The Bertz CT molecular complexity index is 536. The predicted molar refractivity (Wildman–Crippen MR) is 78.8 cm³/mol. The number of nitrogen functional groups attached to an aromatic ring is 1. The second-order valence-electron chi connectivity index (χ2n) is 5.48. The molecule has 0 saturated heterocycles.